The Morgan fingerprint density at radius 3 is 2.50 bits per heavy atom. The number of benzene rings is 1. The van der Waals surface area contributed by atoms with Gasteiger partial charge in [0.05, 0.1) is 17.6 Å². The molecule has 1 aromatic carbocycles. The highest BCUT2D eigenvalue weighted by molar-refractivity contribution is 7.89. The minimum absolute atomic E-state index is 0.0902. The van der Waals surface area contributed by atoms with Crippen molar-refractivity contribution < 1.29 is 13.2 Å². The Morgan fingerprint density at radius 2 is 1.95 bits per heavy atom. The molecule has 114 valence electrons. The molecule has 0 aromatic heterocycles. The van der Waals surface area contributed by atoms with Crippen molar-refractivity contribution in [1.29, 1.82) is 0 Å². The molecular formula is C14H24N2O3S. The zero-order chi connectivity index (χ0) is 15.3. The van der Waals surface area contributed by atoms with E-state index >= 15 is 0 Å². The van der Waals surface area contributed by atoms with Crippen LogP contribution in [-0.4, -0.2) is 39.6 Å². The summed E-state index contributed by atoms with van der Waals surface area (Å²) in [5, 5.41) is 5.15. The van der Waals surface area contributed by atoms with Gasteiger partial charge in [-0.3, -0.25) is 4.90 Å². The Labute approximate surface area is 121 Å². The van der Waals surface area contributed by atoms with Crippen LogP contribution in [0.1, 0.15) is 32.4 Å². The van der Waals surface area contributed by atoms with Gasteiger partial charge in [-0.1, -0.05) is 12.1 Å². The van der Waals surface area contributed by atoms with Gasteiger partial charge in [0.15, 0.2) is 0 Å². The van der Waals surface area contributed by atoms with Crippen molar-refractivity contribution in [3.8, 4) is 0 Å². The molecule has 0 heterocycles. The van der Waals surface area contributed by atoms with Gasteiger partial charge >= 0.3 is 0 Å². The number of nitrogens with zero attached hydrogens (tertiary/aromatic N) is 1. The summed E-state index contributed by atoms with van der Waals surface area (Å²) in [6.45, 7) is 7.45. The van der Waals surface area contributed by atoms with Gasteiger partial charge in [-0.15, -0.1) is 0 Å². The van der Waals surface area contributed by atoms with Crippen LogP contribution in [0.4, 0.5) is 0 Å². The molecule has 0 radical (unpaired) electrons. The molecule has 20 heavy (non-hydrogen) atoms. The van der Waals surface area contributed by atoms with Crippen molar-refractivity contribution >= 4 is 10.0 Å². The van der Waals surface area contributed by atoms with Crippen molar-refractivity contribution in [1.82, 2.24) is 4.90 Å². The molecule has 0 fully saturated rings. The number of rotatable bonds is 7. The molecule has 0 spiro atoms. The molecule has 1 aromatic rings. The van der Waals surface area contributed by atoms with E-state index in [9.17, 15) is 8.42 Å². The van der Waals surface area contributed by atoms with E-state index in [-0.39, 0.29) is 17.0 Å². The summed E-state index contributed by atoms with van der Waals surface area (Å²) in [6, 6.07) is 6.84. The van der Waals surface area contributed by atoms with Gasteiger partial charge < -0.3 is 4.74 Å². The van der Waals surface area contributed by atoms with Gasteiger partial charge in [0.25, 0.3) is 0 Å². The van der Waals surface area contributed by atoms with Crippen LogP contribution in [0.2, 0.25) is 0 Å². The van der Waals surface area contributed by atoms with Crippen LogP contribution in [0.25, 0.3) is 0 Å². The molecule has 6 heteroatoms. The van der Waals surface area contributed by atoms with Gasteiger partial charge in [0, 0.05) is 12.6 Å². The van der Waals surface area contributed by atoms with E-state index in [0.717, 1.165) is 12.1 Å². The largest absolute Gasteiger partial charge is 0.377 e. The Kier molecular flexibility index (Phi) is 6.13. The zero-order valence-electron chi connectivity index (χ0n) is 12.5. The molecule has 1 atom stereocenters. The van der Waals surface area contributed by atoms with Gasteiger partial charge in [-0.05, 0) is 45.5 Å². The SMILES string of the molecule is CC(C)OCCN(C)[C@@H](C)c1cccc(S(N)(=O)=O)c1. The normalized spacial score (nSPS) is 13.9. The lowest BCUT2D eigenvalue weighted by molar-refractivity contribution is 0.0572. The maximum Gasteiger partial charge on any atom is 0.238 e. The fourth-order valence-corrected chi connectivity index (χ4v) is 2.40. The minimum atomic E-state index is -3.66. The molecular weight excluding hydrogens is 276 g/mol. The fourth-order valence-electron chi connectivity index (χ4n) is 1.83. The van der Waals surface area contributed by atoms with Gasteiger partial charge in [0.2, 0.25) is 10.0 Å². The minimum Gasteiger partial charge on any atom is -0.377 e. The number of hydrogen-bond acceptors (Lipinski definition) is 4. The molecule has 2 N–H and O–H groups in total. The van der Waals surface area contributed by atoms with Gasteiger partial charge in [-0.2, -0.15) is 0 Å². The van der Waals surface area contributed by atoms with Crippen molar-refractivity contribution in [2.24, 2.45) is 5.14 Å². The maximum atomic E-state index is 11.4. The summed E-state index contributed by atoms with van der Waals surface area (Å²) < 4.78 is 28.3. The fraction of sp³-hybridized carbons (Fsp3) is 0.571. The molecule has 5 nitrogen and oxygen atoms in total. The average molecular weight is 300 g/mol. The molecule has 1 rings (SSSR count). The first kappa shape index (κ1) is 17.1. The zero-order valence-corrected chi connectivity index (χ0v) is 13.4. The summed E-state index contributed by atoms with van der Waals surface area (Å²) in [5.74, 6) is 0. The summed E-state index contributed by atoms with van der Waals surface area (Å²) in [7, 11) is -1.67. The first-order chi connectivity index (χ1) is 9.21. The van der Waals surface area contributed by atoms with Crippen molar-refractivity contribution in [2.45, 2.75) is 37.8 Å². The van der Waals surface area contributed by atoms with Crippen LogP contribution in [0.15, 0.2) is 29.2 Å². The number of ether oxygens (including phenoxy) is 1. The number of likely N-dealkylation sites (N-methyl/N-ethyl adjacent to an activating group) is 1. The Morgan fingerprint density at radius 1 is 1.30 bits per heavy atom. The monoisotopic (exact) mass is 300 g/mol. The van der Waals surface area contributed by atoms with Crippen LogP contribution in [0.3, 0.4) is 0 Å². The van der Waals surface area contributed by atoms with Crippen LogP contribution >= 0.6 is 0 Å². The van der Waals surface area contributed by atoms with Crippen LogP contribution in [0.5, 0.6) is 0 Å². The third-order valence-corrected chi connectivity index (χ3v) is 4.14. The first-order valence-corrected chi connectivity index (χ1v) is 8.21. The topological polar surface area (TPSA) is 72.6 Å². The summed E-state index contributed by atoms with van der Waals surface area (Å²) in [4.78, 5) is 2.26. The smallest absolute Gasteiger partial charge is 0.238 e. The third kappa shape index (κ3) is 5.20. The first-order valence-electron chi connectivity index (χ1n) is 6.66. The maximum absolute atomic E-state index is 11.4. The standard InChI is InChI=1S/C14H24N2O3S/c1-11(2)19-9-8-16(4)12(3)13-6-5-7-14(10-13)20(15,17)18/h5-7,10-12H,8-9H2,1-4H3,(H2,15,17,18)/t12-/m0/s1. The molecule has 0 aliphatic carbocycles. The molecule has 0 aliphatic rings. The van der Waals surface area contributed by atoms with E-state index < -0.39 is 10.0 Å². The van der Waals surface area contributed by atoms with Crippen LogP contribution in [0, 0.1) is 0 Å². The molecule has 0 aliphatic heterocycles. The second-order valence-electron chi connectivity index (χ2n) is 5.19. The summed E-state index contributed by atoms with van der Waals surface area (Å²) in [6.07, 6.45) is 0.212. The highest BCUT2D eigenvalue weighted by Gasteiger charge is 2.14. The lowest BCUT2D eigenvalue weighted by Crippen LogP contribution is -2.27. The summed E-state index contributed by atoms with van der Waals surface area (Å²) >= 11 is 0. The molecule has 0 saturated carbocycles. The molecule has 0 bridgehead atoms. The number of primary sulfonamides is 1. The Hall–Kier alpha value is -0.950. The number of hydrogen-bond donors (Lipinski definition) is 1. The van der Waals surface area contributed by atoms with E-state index in [1.807, 2.05) is 33.9 Å². The van der Waals surface area contributed by atoms with E-state index in [1.165, 1.54) is 6.07 Å². The van der Waals surface area contributed by atoms with Crippen molar-refractivity contribution in [3.05, 3.63) is 29.8 Å². The Balaban J connectivity index is 2.74. The lowest BCUT2D eigenvalue weighted by Gasteiger charge is -2.25. The second-order valence-corrected chi connectivity index (χ2v) is 6.76. The van der Waals surface area contributed by atoms with Crippen LogP contribution in [-0.2, 0) is 14.8 Å². The lowest BCUT2D eigenvalue weighted by atomic mass is 10.1. The number of nitrogens with two attached hydrogens (primary N) is 1. The van der Waals surface area contributed by atoms with Gasteiger partial charge in [0.1, 0.15) is 0 Å². The highest BCUT2D eigenvalue weighted by Crippen LogP contribution is 2.21. The predicted octanol–water partition coefficient (Wildman–Crippen LogP) is 1.75. The molecule has 0 saturated heterocycles. The highest BCUT2D eigenvalue weighted by atomic mass is 32.2. The summed E-state index contributed by atoms with van der Waals surface area (Å²) in [5.41, 5.74) is 0.920. The van der Waals surface area contributed by atoms with Gasteiger partial charge in [-0.25, -0.2) is 13.6 Å². The average Bonchev–Trinajstić information content (AvgIpc) is 2.36. The van der Waals surface area contributed by atoms with E-state index in [2.05, 4.69) is 4.90 Å². The second kappa shape index (κ2) is 7.17. The Bertz CT molecular complexity index is 529. The number of sulfonamides is 1. The van der Waals surface area contributed by atoms with E-state index in [0.29, 0.717) is 6.61 Å². The predicted molar refractivity (Wildman–Crippen MR) is 79.9 cm³/mol. The quantitative estimate of drug-likeness (QED) is 0.832. The van der Waals surface area contributed by atoms with E-state index in [1.54, 1.807) is 12.1 Å². The van der Waals surface area contributed by atoms with E-state index in [4.69, 9.17) is 9.88 Å². The third-order valence-electron chi connectivity index (χ3n) is 3.23. The van der Waals surface area contributed by atoms with Crippen LogP contribution < -0.4 is 5.14 Å². The van der Waals surface area contributed by atoms with Crippen molar-refractivity contribution in [3.63, 3.8) is 0 Å². The molecule has 0 unspecified atom stereocenters. The molecule has 0 amide bonds. The van der Waals surface area contributed by atoms with Crippen molar-refractivity contribution in [2.75, 3.05) is 20.2 Å².